The molecular formula is C19H30F3N3O3S. The summed E-state index contributed by atoms with van der Waals surface area (Å²) >= 11 is 0. The van der Waals surface area contributed by atoms with Crippen LogP contribution in [0.5, 0.6) is 5.75 Å². The monoisotopic (exact) mass is 437 g/mol. The van der Waals surface area contributed by atoms with Crippen molar-refractivity contribution in [2.75, 3.05) is 25.9 Å². The number of hydrogen-bond donors (Lipinski definition) is 2. The third-order valence-electron chi connectivity index (χ3n) is 4.24. The minimum atomic E-state index is -4.43. The second-order valence-electron chi connectivity index (χ2n) is 7.48. The maximum Gasteiger partial charge on any atom is 0.416 e. The Morgan fingerprint density at radius 2 is 1.86 bits per heavy atom. The van der Waals surface area contributed by atoms with Crippen molar-refractivity contribution >= 4 is 15.8 Å². The Morgan fingerprint density at radius 1 is 1.21 bits per heavy atom. The number of rotatable bonds is 8. The topological polar surface area (TPSA) is 79.8 Å². The fourth-order valence-corrected chi connectivity index (χ4v) is 3.23. The summed E-state index contributed by atoms with van der Waals surface area (Å²) in [5.41, 5.74) is -0.768. The third-order valence-corrected chi connectivity index (χ3v) is 6.84. The third kappa shape index (κ3) is 8.12. The van der Waals surface area contributed by atoms with E-state index < -0.39 is 32.4 Å². The van der Waals surface area contributed by atoms with Crippen molar-refractivity contribution in [2.45, 2.75) is 51.1 Å². The molecule has 0 fully saturated rings. The van der Waals surface area contributed by atoms with Crippen molar-refractivity contribution in [3.05, 3.63) is 29.8 Å². The summed E-state index contributed by atoms with van der Waals surface area (Å²) < 4.78 is 67.6. The molecule has 0 aliphatic rings. The van der Waals surface area contributed by atoms with Crippen molar-refractivity contribution < 1.29 is 26.3 Å². The van der Waals surface area contributed by atoms with E-state index in [1.165, 1.54) is 12.1 Å². The molecule has 0 aromatic heterocycles. The standard InChI is InChI=1S/C19H30F3N3O3S/c1-6-15(28-16-9-7-8-14(12-16)19(20,21)22)13-25-17(23-5)24-10-11-29(26,27)18(2,3)4/h7-9,12,15H,6,10-11,13H2,1-5H3,(H2,23,24,25). The molecule has 0 aliphatic carbocycles. The van der Waals surface area contributed by atoms with E-state index in [2.05, 4.69) is 15.6 Å². The van der Waals surface area contributed by atoms with Gasteiger partial charge in [-0.3, -0.25) is 4.99 Å². The normalized spacial score (nSPS) is 14.4. The van der Waals surface area contributed by atoms with Gasteiger partial charge >= 0.3 is 6.18 Å². The van der Waals surface area contributed by atoms with Gasteiger partial charge in [0.2, 0.25) is 0 Å². The van der Waals surface area contributed by atoms with Crippen LogP contribution < -0.4 is 15.4 Å². The van der Waals surface area contributed by atoms with Gasteiger partial charge in [-0.2, -0.15) is 13.2 Å². The van der Waals surface area contributed by atoms with Gasteiger partial charge in [0, 0.05) is 13.6 Å². The Kier molecular flexibility index (Phi) is 8.80. The van der Waals surface area contributed by atoms with Gasteiger partial charge in [-0.15, -0.1) is 0 Å². The van der Waals surface area contributed by atoms with Crippen LogP contribution in [0.3, 0.4) is 0 Å². The molecule has 0 saturated heterocycles. The highest BCUT2D eigenvalue weighted by Crippen LogP contribution is 2.31. The molecule has 166 valence electrons. The van der Waals surface area contributed by atoms with Crippen molar-refractivity contribution in [1.29, 1.82) is 0 Å². The summed E-state index contributed by atoms with van der Waals surface area (Å²) in [6.07, 6.45) is -4.27. The van der Waals surface area contributed by atoms with E-state index in [9.17, 15) is 21.6 Å². The lowest BCUT2D eigenvalue weighted by molar-refractivity contribution is -0.137. The highest BCUT2D eigenvalue weighted by atomic mass is 32.2. The van der Waals surface area contributed by atoms with E-state index in [4.69, 9.17) is 4.74 Å². The molecule has 0 amide bonds. The van der Waals surface area contributed by atoms with Gasteiger partial charge in [-0.05, 0) is 45.4 Å². The molecule has 1 rings (SSSR count). The summed E-state index contributed by atoms with van der Waals surface area (Å²) in [5.74, 6) is 0.475. The fourth-order valence-electron chi connectivity index (χ4n) is 2.25. The van der Waals surface area contributed by atoms with Gasteiger partial charge in [-0.25, -0.2) is 8.42 Å². The van der Waals surface area contributed by atoms with Crippen LogP contribution in [-0.4, -0.2) is 51.1 Å². The first kappa shape index (κ1) is 25.1. The van der Waals surface area contributed by atoms with Crippen molar-refractivity contribution in [3.8, 4) is 5.75 Å². The van der Waals surface area contributed by atoms with E-state index >= 15 is 0 Å². The first-order chi connectivity index (χ1) is 13.3. The lowest BCUT2D eigenvalue weighted by Gasteiger charge is -2.22. The van der Waals surface area contributed by atoms with Crippen molar-refractivity contribution in [2.24, 2.45) is 4.99 Å². The summed E-state index contributed by atoms with van der Waals surface area (Å²) in [6.45, 7) is 7.26. The first-order valence-corrected chi connectivity index (χ1v) is 11.0. The van der Waals surface area contributed by atoms with Gasteiger partial charge in [0.1, 0.15) is 11.9 Å². The molecule has 1 aromatic carbocycles. The molecule has 2 N–H and O–H groups in total. The van der Waals surface area contributed by atoms with E-state index in [0.717, 1.165) is 12.1 Å². The van der Waals surface area contributed by atoms with Gasteiger partial charge in [0.05, 0.1) is 22.6 Å². The highest BCUT2D eigenvalue weighted by Gasteiger charge is 2.31. The van der Waals surface area contributed by atoms with Gasteiger partial charge < -0.3 is 15.4 Å². The number of nitrogens with zero attached hydrogens (tertiary/aromatic N) is 1. The van der Waals surface area contributed by atoms with Crippen LogP contribution in [-0.2, 0) is 16.0 Å². The molecule has 0 radical (unpaired) electrons. The van der Waals surface area contributed by atoms with E-state index in [1.807, 2.05) is 6.92 Å². The van der Waals surface area contributed by atoms with Gasteiger partial charge in [0.25, 0.3) is 0 Å². The minimum absolute atomic E-state index is 0.0465. The number of halogens is 3. The Morgan fingerprint density at radius 3 is 2.38 bits per heavy atom. The molecule has 0 heterocycles. The van der Waals surface area contributed by atoms with E-state index in [0.29, 0.717) is 18.9 Å². The van der Waals surface area contributed by atoms with Crippen LogP contribution in [0.2, 0.25) is 0 Å². The number of aliphatic imine (C=N–C) groups is 1. The number of nitrogens with one attached hydrogen (secondary N) is 2. The fraction of sp³-hybridized carbons (Fsp3) is 0.632. The Labute approximate surface area is 170 Å². The molecule has 0 spiro atoms. The molecular weight excluding hydrogens is 407 g/mol. The maximum atomic E-state index is 12.8. The predicted octanol–water partition coefficient (Wildman–Crippen LogP) is 3.24. The van der Waals surface area contributed by atoms with Crippen LogP contribution >= 0.6 is 0 Å². The van der Waals surface area contributed by atoms with Crippen molar-refractivity contribution in [3.63, 3.8) is 0 Å². The molecule has 0 bridgehead atoms. The summed E-state index contributed by atoms with van der Waals surface area (Å²) in [5, 5.41) is 5.93. The number of ether oxygens (including phenoxy) is 1. The first-order valence-electron chi connectivity index (χ1n) is 9.31. The molecule has 0 saturated carbocycles. The van der Waals surface area contributed by atoms with Gasteiger partial charge in [-0.1, -0.05) is 13.0 Å². The SMILES string of the molecule is CCC(CNC(=NC)NCCS(=O)(=O)C(C)(C)C)Oc1cccc(C(F)(F)F)c1. The maximum absolute atomic E-state index is 12.8. The molecule has 29 heavy (non-hydrogen) atoms. The average molecular weight is 438 g/mol. The zero-order valence-electron chi connectivity index (χ0n) is 17.4. The number of benzene rings is 1. The van der Waals surface area contributed by atoms with Crippen LogP contribution in [0.25, 0.3) is 0 Å². The van der Waals surface area contributed by atoms with Crippen LogP contribution in [0, 0.1) is 0 Å². The number of hydrogen-bond acceptors (Lipinski definition) is 4. The zero-order valence-corrected chi connectivity index (χ0v) is 18.2. The van der Waals surface area contributed by atoms with E-state index in [1.54, 1.807) is 27.8 Å². The Hall–Kier alpha value is -1.97. The second kappa shape index (κ2) is 10.2. The molecule has 10 heteroatoms. The van der Waals surface area contributed by atoms with E-state index in [-0.39, 0.29) is 18.0 Å². The molecule has 6 nitrogen and oxygen atoms in total. The quantitative estimate of drug-likeness (QED) is 0.482. The lowest BCUT2D eigenvalue weighted by Crippen LogP contribution is -2.44. The number of alkyl halides is 3. The Bertz CT molecular complexity index is 788. The number of guanidine groups is 1. The largest absolute Gasteiger partial charge is 0.489 e. The smallest absolute Gasteiger partial charge is 0.416 e. The average Bonchev–Trinajstić information content (AvgIpc) is 2.61. The Balaban J connectivity index is 2.60. The van der Waals surface area contributed by atoms with Crippen LogP contribution in [0.1, 0.15) is 39.7 Å². The molecule has 1 aromatic rings. The second-order valence-corrected chi connectivity index (χ2v) is 10.3. The predicted molar refractivity (Wildman–Crippen MR) is 109 cm³/mol. The van der Waals surface area contributed by atoms with Crippen LogP contribution in [0.15, 0.2) is 29.3 Å². The summed E-state index contributed by atoms with van der Waals surface area (Å²) in [4.78, 5) is 4.02. The zero-order chi connectivity index (χ0) is 22.3. The van der Waals surface area contributed by atoms with Crippen molar-refractivity contribution in [1.82, 2.24) is 10.6 Å². The molecule has 1 atom stereocenters. The lowest BCUT2D eigenvalue weighted by atomic mass is 10.2. The minimum Gasteiger partial charge on any atom is -0.489 e. The van der Waals surface area contributed by atoms with Crippen LogP contribution in [0.4, 0.5) is 13.2 Å². The summed E-state index contributed by atoms with van der Waals surface area (Å²) in [7, 11) is -1.71. The molecule has 1 unspecified atom stereocenters. The number of sulfone groups is 1. The summed E-state index contributed by atoms with van der Waals surface area (Å²) in [6, 6.07) is 4.73. The van der Waals surface area contributed by atoms with Gasteiger partial charge in [0.15, 0.2) is 15.8 Å². The highest BCUT2D eigenvalue weighted by molar-refractivity contribution is 7.92. The molecule has 0 aliphatic heterocycles.